The van der Waals surface area contributed by atoms with Crippen LogP contribution < -0.4 is 10.6 Å². The van der Waals surface area contributed by atoms with Crippen LogP contribution in [-0.4, -0.2) is 21.8 Å². The Hall–Kier alpha value is -3.49. The van der Waals surface area contributed by atoms with Gasteiger partial charge in [0.1, 0.15) is 0 Å². The Balaban J connectivity index is 2.01. The van der Waals surface area contributed by atoms with Crippen LogP contribution in [0, 0.1) is 0 Å². The Bertz CT molecular complexity index is 1250. The summed E-state index contributed by atoms with van der Waals surface area (Å²) in [6, 6.07) is 16.7. The fraction of sp³-hybridized carbons (Fsp3) is 0.192. The molecule has 0 bridgehead atoms. The third-order valence-electron chi connectivity index (χ3n) is 5.40. The van der Waals surface area contributed by atoms with Gasteiger partial charge in [-0.1, -0.05) is 48.0 Å². The van der Waals surface area contributed by atoms with Crippen molar-refractivity contribution in [2.45, 2.75) is 32.2 Å². The number of carboxylic acids is 1. The fourth-order valence-corrected chi connectivity index (χ4v) is 3.63. The Kier molecular flexibility index (Phi) is 7.47. The molecule has 0 saturated carbocycles. The van der Waals surface area contributed by atoms with Crippen LogP contribution in [0.1, 0.15) is 35.3 Å². The van der Waals surface area contributed by atoms with Gasteiger partial charge >= 0.3 is 12.1 Å². The van der Waals surface area contributed by atoms with Crippen LogP contribution in [0.5, 0.6) is 0 Å². The molecule has 9 heteroatoms. The van der Waals surface area contributed by atoms with Crippen molar-refractivity contribution in [2.75, 3.05) is 4.90 Å². The van der Waals surface area contributed by atoms with E-state index in [1.54, 1.807) is 30.3 Å². The molecule has 0 unspecified atom stereocenters. The number of rotatable bonds is 7. The van der Waals surface area contributed by atoms with Gasteiger partial charge in [-0.15, -0.1) is 0 Å². The summed E-state index contributed by atoms with van der Waals surface area (Å²) in [4.78, 5) is 12.7. The third-order valence-corrected chi connectivity index (χ3v) is 5.71. The average molecular weight is 505 g/mol. The minimum atomic E-state index is -4.53. The maximum absolute atomic E-state index is 13.6. The molecule has 35 heavy (non-hydrogen) atoms. The van der Waals surface area contributed by atoms with E-state index in [-0.39, 0.29) is 28.4 Å². The zero-order chi connectivity index (χ0) is 26.0. The minimum absolute atomic E-state index is 0.0197. The SMILES string of the molecule is CC(C)(O)/C(N)=C/N(Cc1ccccc1C(F)(F)F)c1ccc(-c2ccc(C(=O)O)c(Cl)c2)cc1. The van der Waals surface area contributed by atoms with Gasteiger partial charge in [-0.3, -0.25) is 0 Å². The number of halogens is 4. The van der Waals surface area contributed by atoms with Crippen LogP contribution >= 0.6 is 11.6 Å². The number of carbonyl (C=O) groups is 1. The molecule has 0 fully saturated rings. The number of nitrogens with two attached hydrogens (primary N) is 1. The molecule has 0 saturated heterocycles. The summed E-state index contributed by atoms with van der Waals surface area (Å²) in [7, 11) is 0. The van der Waals surface area contributed by atoms with Crippen molar-refractivity contribution >= 4 is 23.3 Å². The Labute approximate surface area is 205 Å². The summed E-state index contributed by atoms with van der Waals surface area (Å²) in [6.45, 7) is 2.81. The predicted octanol–water partition coefficient (Wildman–Crippen LogP) is 6.30. The summed E-state index contributed by atoms with van der Waals surface area (Å²) in [6.07, 6.45) is -3.11. The number of carboxylic acid groups (broad SMARTS) is 1. The second-order valence-corrected chi connectivity index (χ2v) is 8.88. The molecule has 0 aliphatic rings. The molecular formula is C26H24ClF3N2O3. The molecule has 184 valence electrons. The second-order valence-electron chi connectivity index (χ2n) is 8.47. The molecule has 0 heterocycles. The molecule has 5 nitrogen and oxygen atoms in total. The molecule has 0 atom stereocenters. The van der Waals surface area contributed by atoms with Gasteiger partial charge in [0, 0.05) is 18.4 Å². The molecule has 0 radical (unpaired) electrons. The van der Waals surface area contributed by atoms with Crippen molar-refractivity contribution in [1.82, 2.24) is 0 Å². The van der Waals surface area contributed by atoms with Crippen molar-refractivity contribution < 1.29 is 28.2 Å². The van der Waals surface area contributed by atoms with Crippen LogP contribution in [0.3, 0.4) is 0 Å². The van der Waals surface area contributed by atoms with Crippen LogP contribution in [0.4, 0.5) is 18.9 Å². The van der Waals surface area contributed by atoms with Crippen molar-refractivity contribution in [3.05, 3.63) is 100 Å². The number of aliphatic hydroxyl groups is 1. The van der Waals surface area contributed by atoms with E-state index in [2.05, 4.69) is 0 Å². The number of anilines is 1. The van der Waals surface area contributed by atoms with E-state index < -0.39 is 23.3 Å². The zero-order valence-electron chi connectivity index (χ0n) is 19.0. The Morgan fingerprint density at radius 1 is 1.03 bits per heavy atom. The van der Waals surface area contributed by atoms with Crippen LogP contribution in [0.25, 0.3) is 11.1 Å². The second kappa shape index (κ2) is 10.0. The molecule has 3 aromatic rings. The zero-order valence-corrected chi connectivity index (χ0v) is 19.7. The van der Waals surface area contributed by atoms with Crippen molar-refractivity contribution in [3.8, 4) is 11.1 Å². The number of aromatic carboxylic acids is 1. The highest BCUT2D eigenvalue weighted by molar-refractivity contribution is 6.33. The maximum atomic E-state index is 13.6. The monoisotopic (exact) mass is 504 g/mol. The number of alkyl halides is 3. The molecule has 0 spiro atoms. The van der Waals surface area contributed by atoms with E-state index in [0.717, 1.165) is 11.6 Å². The lowest BCUT2D eigenvalue weighted by Gasteiger charge is -2.26. The average Bonchev–Trinajstić information content (AvgIpc) is 2.77. The first-order chi connectivity index (χ1) is 16.3. The van der Waals surface area contributed by atoms with E-state index >= 15 is 0 Å². The molecule has 4 N–H and O–H groups in total. The first-order valence-corrected chi connectivity index (χ1v) is 10.9. The summed E-state index contributed by atoms with van der Waals surface area (Å²) < 4.78 is 40.7. The maximum Gasteiger partial charge on any atom is 0.416 e. The van der Waals surface area contributed by atoms with Gasteiger partial charge in [-0.05, 0) is 60.9 Å². The summed E-state index contributed by atoms with van der Waals surface area (Å²) in [5.74, 6) is -1.14. The van der Waals surface area contributed by atoms with Gasteiger partial charge in [0.05, 0.1) is 27.4 Å². The molecule has 3 rings (SSSR count). The lowest BCUT2D eigenvalue weighted by molar-refractivity contribution is -0.138. The number of nitrogens with zero attached hydrogens (tertiary/aromatic N) is 1. The molecule has 0 aromatic heterocycles. The molecule has 0 aliphatic carbocycles. The van der Waals surface area contributed by atoms with Gasteiger partial charge in [0.2, 0.25) is 0 Å². The molecule has 3 aromatic carbocycles. The summed E-state index contributed by atoms with van der Waals surface area (Å²) >= 11 is 6.07. The third kappa shape index (κ3) is 6.35. The van der Waals surface area contributed by atoms with E-state index in [4.69, 9.17) is 22.4 Å². The van der Waals surface area contributed by atoms with E-state index in [9.17, 15) is 23.1 Å². The van der Waals surface area contributed by atoms with Crippen LogP contribution in [-0.2, 0) is 12.7 Å². The first-order valence-electron chi connectivity index (χ1n) is 10.5. The van der Waals surface area contributed by atoms with Crippen molar-refractivity contribution in [3.63, 3.8) is 0 Å². The molecule has 0 amide bonds. The van der Waals surface area contributed by atoms with Crippen LogP contribution in [0.2, 0.25) is 5.02 Å². The largest absolute Gasteiger partial charge is 0.478 e. The van der Waals surface area contributed by atoms with Gasteiger partial charge < -0.3 is 20.8 Å². The van der Waals surface area contributed by atoms with Crippen molar-refractivity contribution in [2.24, 2.45) is 5.73 Å². The fourth-order valence-electron chi connectivity index (χ4n) is 3.37. The minimum Gasteiger partial charge on any atom is -0.478 e. The topological polar surface area (TPSA) is 86.8 Å². The van der Waals surface area contributed by atoms with Crippen LogP contribution in [0.15, 0.2) is 78.6 Å². The highest BCUT2D eigenvalue weighted by atomic mass is 35.5. The van der Waals surface area contributed by atoms with Gasteiger partial charge in [-0.25, -0.2) is 4.79 Å². The Morgan fingerprint density at radius 3 is 2.17 bits per heavy atom. The number of hydrogen-bond donors (Lipinski definition) is 3. The Morgan fingerprint density at radius 2 is 1.63 bits per heavy atom. The first kappa shape index (κ1) is 26.1. The standard InChI is InChI=1S/C26H24ClF3N2O3/c1-25(2,35)23(31)15-32(14-18-5-3-4-6-21(18)26(28,29)30)19-10-7-16(8-11-19)17-9-12-20(24(33)34)22(27)13-17/h3-13,15,35H,14,31H2,1-2H3,(H,33,34)/b23-15-. The summed E-state index contributed by atoms with van der Waals surface area (Å²) in [5, 5.41) is 19.5. The quantitative estimate of drug-likeness (QED) is 0.351. The molecule has 0 aliphatic heterocycles. The van der Waals surface area contributed by atoms with Gasteiger partial charge in [0.15, 0.2) is 0 Å². The lowest BCUT2D eigenvalue weighted by atomic mass is 10.0. The normalized spacial score (nSPS) is 12.5. The van der Waals surface area contributed by atoms with E-state index in [1.807, 2.05) is 0 Å². The highest BCUT2D eigenvalue weighted by Crippen LogP contribution is 2.34. The van der Waals surface area contributed by atoms with Crippen molar-refractivity contribution in [1.29, 1.82) is 0 Å². The lowest BCUT2D eigenvalue weighted by Crippen LogP contribution is -2.31. The molecular weight excluding hydrogens is 481 g/mol. The van der Waals surface area contributed by atoms with E-state index in [1.165, 1.54) is 55.3 Å². The van der Waals surface area contributed by atoms with Gasteiger partial charge in [-0.2, -0.15) is 13.2 Å². The van der Waals surface area contributed by atoms with E-state index in [0.29, 0.717) is 11.3 Å². The highest BCUT2D eigenvalue weighted by Gasteiger charge is 2.33. The predicted molar refractivity (Wildman–Crippen MR) is 130 cm³/mol. The van der Waals surface area contributed by atoms with Gasteiger partial charge in [0.25, 0.3) is 0 Å². The smallest absolute Gasteiger partial charge is 0.416 e. The summed E-state index contributed by atoms with van der Waals surface area (Å²) in [5.41, 5.74) is 5.91. The number of benzene rings is 3. The number of hydrogen-bond acceptors (Lipinski definition) is 4.